The van der Waals surface area contributed by atoms with E-state index in [9.17, 15) is 0 Å². The van der Waals surface area contributed by atoms with E-state index < -0.39 is 0 Å². The van der Waals surface area contributed by atoms with Gasteiger partial charge in [-0.25, -0.2) is 0 Å². The van der Waals surface area contributed by atoms with Crippen LogP contribution in [0.3, 0.4) is 0 Å². The predicted molar refractivity (Wildman–Crippen MR) is 267 cm³/mol. The Hall–Kier alpha value is -7.22. The van der Waals surface area contributed by atoms with E-state index in [1.54, 1.807) is 0 Å². The van der Waals surface area contributed by atoms with Crippen molar-refractivity contribution in [2.45, 2.75) is 47.0 Å². The summed E-state index contributed by atoms with van der Waals surface area (Å²) in [6, 6.07) is 73.8. The van der Waals surface area contributed by atoms with Gasteiger partial charge in [0, 0.05) is 22.5 Å². The Kier molecular flexibility index (Phi) is 9.84. The first-order valence-corrected chi connectivity index (χ1v) is 21.8. The minimum Gasteiger partial charge on any atom is -0.310 e. The van der Waals surface area contributed by atoms with Crippen LogP contribution in [0.15, 0.2) is 200 Å². The number of aryl methyl sites for hydroxylation is 4. The van der Waals surface area contributed by atoms with Gasteiger partial charge in [0.15, 0.2) is 0 Å². The molecule has 1 nitrogen and oxygen atoms in total. The van der Waals surface area contributed by atoms with Crippen molar-refractivity contribution < 1.29 is 0 Å². The van der Waals surface area contributed by atoms with Gasteiger partial charge in [0.1, 0.15) is 0 Å². The summed E-state index contributed by atoms with van der Waals surface area (Å²) in [5, 5.41) is 7.68. The van der Waals surface area contributed by atoms with Crippen molar-refractivity contribution >= 4 is 49.4 Å². The number of hydrogen-bond acceptors (Lipinski definition) is 1. The third-order valence-corrected chi connectivity index (χ3v) is 13.1. The number of fused-ring (bicyclic) bond motifs is 9. The van der Waals surface area contributed by atoms with E-state index in [0.29, 0.717) is 0 Å². The molecule has 0 aromatic heterocycles. The Bertz CT molecular complexity index is 3260. The Morgan fingerprint density at radius 2 is 0.806 bits per heavy atom. The lowest BCUT2D eigenvalue weighted by Crippen LogP contribution is -2.16. The van der Waals surface area contributed by atoms with Crippen molar-refractivity contribution in [2.24, 2.45) is 0 Å². The van der Waals surface area contributed by atoms with Crippen molar-refractivity contribution in [1.82, 2.24) is 0 Å². The lowest BCUT2D eigenvalue weighted by atomic mass is 9.82. The van der Waals surface area contributed by atoms with E-state index in [2.05, 4.69) is 247 Å². The maximum Gasteiger partial charge on any atom is 0.0468 e. The van der Waals surface area contributed by atoms with Gasteiger partial charge in [0.2, 0.25) is 0 Å². The molecule has 1 heteroatoms. The molecule has 1 aliphatic carbocycles. The van der Waals surface area contributed by atoms with Crippen LogP contribution in [-0.4, -0.2) is 0 Å². The smallest absolute Gasteiger partial charge is 0.0468 e. The van der Waals surface area contributed by atoms with Crippen LogP contribution >= 0.6 is 0 Å². The van der Waals surface area contributed by atoms with Crippen LogP contribution in [0.25, 0.3) is 65.7 Å². The highest BCUT2D eigenvalue weighted by atomic mass is 15.1. The second-order valence-corrected chi connectivity index (χ2v) is 17.6. The van der Waals surface area contributed by atoms with Crippen LogP contribution in [0.5, 0.6) is 0 Å². The molecular weight excluding hydrogens is 747 g/mol. The second kappa shape index (κ2) is 15.7. The van der Waals surface area contributed by atoms with Crippen molar-refractivity contribution in [3.8, 4) is 33.4 Å². The van der Waals surface area contributed by atoms with Gasteiger partial charge in [0.25, 0.3) is 0 Å². The molecule has 10 aromatic carbocycles. The standard InChI is InChI=1S/C53H41N.C8H10/c1-34-13-5-6-14-41(34)49-31-37(22-21-35(49)2)36-23-25-38(26-24-36)54(40-28-30-48-47-19-11-12-20-51(47)53(3,4)52(48)33-40)39-27-29-46-44-17-8-7-15-42(44)43-16-9-10-18-45(43)50(46)32-39;1-7-4-3-5-8(2)6-7/h5-33H,1-4H3;3-6H,1-2H3. The maximum absolute atomic E-state index is 2.44. The Morgan fingerprint density at radius 3 is 1.45 bits per heavy atom. The summed E-state index contributed by atoms with van der Waals surface area (Å²) in [4.78, 5) is 2.44. The zero-order valence-electron chi connectivity index (χ0n) is 36.5. The number of hydrogen-bond donors (Lipinski definition) is 0. The lowest BCUT2D eigenvalue weighted by molar-refractivity contribution is 0.660. The molecule has 0 saturated carbocycles. The molecule has 1 aliphatic rings. The monoisotopic (exact) mass is 797 g/mol. The van der Waals surface area contributed by atoms with E-state index in [1.165, 1.54) is 99.1 Å². The SMILES string of the molecule is Cc1cccc(C)c1.Cc1ccccc1-c1cc(-c2ccc(N(c3ccc4c(c3)C(C)(C)c3ccccc3-4)c3ccc4c5ccccc5c5ccccc5c4c3)cc2)ccc1C. The second-order valence-electron chi connectivity index (χ2n) is 17.6. The predicted octanol–water partition coefficient (Wildman–Crippen LogP) is 17.2. The fourth-order valence-corrected chi connectivity index (χ4v) is 9.89. The molecule has 0 aliphatic heterocycles. The van der Waals surface area contributed by atoms with Gasteiger partial charge in [-0.05, 0) is 158 Å². The third kappa shape index (κ3) is 6.85. The molecule has 0 radical (unpaired) electrons. The van der Waals surface area contributed by atoms with E-state index in [4.69, 9.17) is 0 Å². The quantitative estimate of drug-likeness (QED) is 0.157. The summed E-state index contributed by atoms with van der Waals surface area (Å²) in [5.74, 6) is 0. The molecule has 0 N–H and O–H groups in total. The summed E-state index contributed by atoms with van der Waals surface area (Å²) in [7, 11) is 0. The first-order chi connectivity index (χ1) is 30.2. The minimum absolute atomic E-state index is 0.101. The van der Waals surface area contributed by atoms with Gasteiger partial charge in [-0.3, -0.25) is 0 Å². The van der Waals surface area contributed by atoms with Crippen LogP contribution in [0.1, 0.15) is 47.2 Å². The molecule has 0 fully saturated rings. The van der Waals surface area contributed by atoms with Gasteiger partial charge in [0.05, 0.1) is 0 Å². The van der Waals surface area contributed by atoms with E-state index >= 15 is 0 Å². The molecule has 0 amide bonds. The van der Waals surface area contributed by atoms with E-state index in [0.717, 1.165) is 17.1 Å². The Balaban J connectivity index is 0.000000518. The highest BCUT2D eigenvalue weighted by Crippen LogP contribution is 2.51. The zero-order valence-corrected chi connectivity index (χ0v) is 36.5. The molecule has 10 aromatic rings. The fourth-order valence-electron chi connectivity index (χ4n) is 9.89. The van der Waals surface area contributed by atoms with Crippen LogP contribution in [0, 0.1) is 27.7 Å². The molecule has 0 spiro atoms. The van der Waals surface area contributed by atoms with Crippen molar-refractivity contribution in [3.63, 3.8) is 0 Å². The van der Waals surface area contributed by atoms with Gasteiger partial charge in [-0.2, -0.15) is 0 Å². The summed E-state index contributed by atoms with van der Waals surface area (Å²) >= 11 is 0. The van der Waals surface area contributed by atoms with E-state index in [-0.39, 0.29) is 5.41 Å². The van der Waals surface area contributed by atoms with Crippen LogP contribution < -0.4 is 4.90 Å². The number of nitrogens with zero attached hydrogens (tertiary/aromatic N) is 1. The third-order valence-electron chi connectivity index (χ3n) is 13.1. The molecule has 62 heavy (non-hydrogen) atoms. The number of benzene rings is 10. The number of anilines is 3. The summed E-state index contributed by atoms with van der Waals surface area (Å²) in [5.41, 5.74) is 19.0. The highest BCUT2D eigenvalue weighted by Gasteiger charge is 2.35. The van der Waals surface area contributed by atoms with Crippen molar-refractivity contribution in [1.29, 1.82) is 0 Å². The van der Waals surface area contributed by atoms with Crippen LogP contribution in [0.2, 0.25) is 0 Å². The Labute approximate surface area is 366 Å². The first kappa shape index (κ1) is 38.9. The molecule has 300 valence electrons. The van der Waals surface area contributed by atoms with Crippen molar-refractivity contribution in [3.05, 3.63) is 234 Å². The average molecular weight is 798 g/mol. The zero-order chi connectivity index (χ0) is 42.5. The molecular formula is C61H51N. The lowest BCUT2D eigenvalue weighted by Gasteiger charge is -2.28. The fraction of sp³-hybridized carbons (Fsp3) is 0.115. The van der Waals surface area contributed by atoms with Gasteiger partial charge in [-0.15, -0.1) is 0 Å². The first-order valence-electron chi connectivity index (χ1n) is 21.8. The van der Waals surface area contributed by atoms with Gasteiger partial charge >= 0.3 is 0 Å². The molecule has 0 atom stereocenters. The Morgan fingerprint density at radius 1 is 0.306 bits per heavy atom. The maximum atomic E-state index is 2.44. The van der Waals surface area contributed by atoms with Crippen molar-refractivity contribution in [2.75, 3.05) is 4.90 Å². The molecule has 0 heterocycles. The summed E-state index contributed by atoms with van der Waals surface area (Å²) in [6.45, 7) is 13.3. The highest BCUT2D eigenvalue weighted by molar-refractivity contribution is 6.25. The van der Waals surface area contributed by atoms with Gasteiger partial charge in [-0.1, -0.05) is 183 Å². The topological polar surface area (TPSA) is 3.24 Å². The van der Waals surface area contributed by atoms with Gasteiger partial charge < -0.3 is 4.90 Å². The largest absolute Gasteiger partial charge is 0.310 e. The van der Waals surface area contributed by atoms with E-state index in [1.807, 2.05) is 0 Å². The normalized spacial score (nSPS) is 12.5. The van der Waals surface area contributed by atoms with Crippen LogP contribution in [-0.2, 0) is 5.41 Å². The average Bonchev–Trinajstić information content (AvgIpc) is 3.52. The van der Waals surface area contributed by atoms with Crippen LogP contribution in [0.4, 0.5) is 17.1 Å². The number of rotatable bonds is 5. The molecule has 0 unspecified atom stereocenters. The molecule has 0 saturated heterocycles. The molecule has 0 bridgehead atoms. The minimum atomic E-state index is -0.101. The summed E-state index contributed by atoms with van der Waals surface area (Å²) in [6.07, 6.45) is 0. The summed E-state index contributed by atoms with van der Waals surface area (Å²) < 4.78 is 0. The molecule has 11 rings (SSSR count).